The Morgan fingerprint density at radius 2 is 1.97 bits per heavy atom. The number of amides is 1. The number of aryl methyl sites for hydroxylation is 1. The zero-order chi connectivity index (χ0) is 21.3. The van der Waals surface area contributed by atoms with Crippen molar-refractivity contribution in [2.75, 3.05) is 14.2 Å². The molecule has 1 aliphatic heterocycles. The van der Waals surface area contributed by atoms with E-state index in [0.29, 0.717) is 34.5 Å². The molecular weight excluding hydrogens is 406 g/mol. The van der Waals surface area contributed by atoms with Gasteiger partial charge in [-0.25, -0.2) is 4.98 Å². The summed E-state index contributed by atoms with van der Waals surface area (Å²) in [5.41, 5.74) is 1.70. The number of rotatable bonds is 6. The van der Waals surface area contributed by atoms with Gasteiger partial charge in [-0.15, -0.1) is 0 Å². The summed E-state index contributed by atoms with van der Waals surface area (Å²) in [5, 5.41) is 3.70. The van der Waals surface area contributed by atoms with Crippen LogP contribution in [-0.4, -0.2) is 35.8 Å². The average molecular weight is 428 g/mol. The largest absolute Gasteiger partial charge is 0.497 e. The molecule has 1 aliphatic rings. The van der Waals surface area contributed by atoms with E-state index < -0.39 is 12.1 Å². The third kappa shape index (κ3) is 3.93. The fraction of sp³-hybridized carbons (Fsp3) is 0.273. The zero-order valence-electron chi connectivity index (χ0n) is 16.9. The second kappa shape index (κ2) is 8.28. The summed E-state index contributed by atoms with van der Waals surface area (Å²) in [6.45, 7) is 0. The molecule has 0 unspecified atom stereocenters. The molecule has 3 aromatic rings. The Balaban J connectivity index is 1.64. The summed E-state index contributed by atoms with van der Waals surface area (Å²) in [5.74, 6) is 2.36. The van der Waals surface area contributed by atoms with Crippen molar-refractivity contribution in [3.05, 3.63) is 70.8 Å². The first-order valence-electron chi connectivity index (χ1n) is 9.44. The van der Waals surface area contributed by atoms with Crippen molar-refractivity contribution >= 4 is 17.5 Å². The second-order valence-electron chi connectivity index (χ2n) is 7.05. The van der Waals surface area contributed by atoms with Crippen molar-refractivity contribution in [1.82, 2.24) is 14.9 Å². The highest BCUT2D eigenvalue weighted by Gasteiger charge is 2.32. The van der Waals surface area contributed by atoms with Crippen molar-refractivity contribution in [3.8, 4) is 17.2 Å². The number of aromatic nitrogens is 2. The molecule has 0 fully saturated rings. The van der Waals surface area contributed by atoms with Gasteiger partial charge in [0.15, 0.2) is 6.10 Å². The maximum Gasteiger partial charge on any atom is 0.262 e. The van der Waals surface area contributed by atoms with Gasteiger partial charge in [-0.3, -0.25) is 4.79 Å². The van der Waals surface area contributed by atoms with Gasteiger partial charge in [-0.05, 0) is 41.5 Å². The van der Waals surface area contributed by atoms with Gasteiger partial charge < -0.3 is 24.1 Å². The highest BCUT2D eigenvalue weighted by Crippen LogP contribution is 2.33. The van der Waals surface area contributed by atoms with Gasteiger partial charge in [0.1, 0.15) is 29.1 Å². The molecule has 1 aromatic heterocycles. The van der Waals surface area contributed by atoms with Crippen LogP contribution in [-0.2, 0) is 18.3 Å². The van der Waals surface area contributed by atoms with Crippen molar-refractivity contribution in [1.29, 1.82) is 0 Å². The number of nitrogens with zero attached hydrogens (tertiary/aromatic N) is 2. The molecule has 4 rings (SSSR count). The highest BCUT2D eigenvalue weighted by atomic mass is 35.5. The molecule has 2 atom stereocenters. The van der Waals surface area contributed by atoms with Gasteiger partial charge in [-0.1, -0.05) is 11.6 Å². The third-order valence-electron chi connectivity index (χ3n) is 5.10. The van der Waals surface area contributed by atoms with Crippen LogP contribution in [0.15, 0.2) is 48.8 Å². The van der Waals surface area contributed by atoms with Crippen LogP contribution in [0.3, 0.4) is 0 Å². The number of carbonyl (C=O) groups excluding carboxylic acids is 1. The van der Waals surface area contributed by atoms with Gasteiger partial charge >= 0.3 is 0 Å². The quantitative estimate of drug-likeness (QED) is 0.653. The van der Waals surface area contributed by atoms with Gasteiger partial charge in [-0.2, -0.15) is 0 Å². The maximum absolute atomic E-state index is 13.1. The Morgan fingerprint density at radius 1 is 1.23 bits per heavy atom. The summed E-state index contributed by atoms with van der Waals surface area (Å²) in [6, 6.07) is 10.3. The van der Waals surface area contributed by atoms with E-state index >= 15 is 0 Å². The Labute approximate surface area is 179 Å². The van der Waals surface area contributed by atoms with Crippen molar-refractivity contribution in [3.63, 3.8) is 0 Å². The van der Waals surface area contributed by atoms with Crippen LogP contribution in [0.5, 0.6) is 17.2 Å². The van der Waals surface area contributed by atoms with Crippen LogP contribution in [0.4, 0.5) is 0 Å². The number of nitrogens with one attached hydrogen (secondary N) is 1. The fourth-order valence-corrected chi connectivity index (χ4v) is 3.74. The topological polar surface area (TPSA) is 74.6 Å². The highest BCUT2D eigenvalue weighted by molar-refractivity contribution is 6.30. The Morgan fingerprint density at radius 3 is 2.60 bits per heavy atom. The first-order chi connectivity index (χ1) is 14.5. The van der Waals surface area contributed by atoms with E-state index in [0.717, 1.165) is 11.1 Å². The average Bonchev–Trinajstić information content (AvgIpc) is 3.37. The number of carbonyl (C=O) groups is 1. The lowest BCUT2D eigenvalue weighted by Gasteiger charge is -2.22. The van der Waals surface area contributed by atoms with E-state index in [1.807, 2.05) is 36.0 Å². The summed E-state index contributed by atoms with van der Waals surface area (Å²) >= 11 is 6.07. The van der Waals surface area contributed by atoms with Crippen LogP contribution < -0.4 is 19.5 Å². The molecule has 1 amide bonds. The molecule has 156 valence electrons. The first kappa shape index (κ1) is 20.1. The molecule has 8 heteroatoms. The minimum atomic E-state index is -0.645. The number of hydrogen-bond acceptors (Lipinski definition) is 5. The van der Waals surface area contributed by atoms with E-state index in [1.54, 1.807) is 38.6 Å². The molecule has 2 aromatic carbocycles. The summed E-state index contributed by atoms with van der Waals surface area (Å²) < 4.78 is 18.5. The molecule has 30 heavy (non-hydrogen) atoms. The van der Waals surface area contributed by atoms with E-state index in [1.165, 1.54) is 0 Å². The molecule has 0 bridgehead atoms. The van der Waals surface area contributed by atoms with Gasteiger partial charge in [0, 0.05) is 37.0 Å². The third-order valence-corrected chi connectivity index (χ3v) is 5.33. The summed E-state index contributed by atoms with van der Waals surface area (Å²) in [7, 11) is 5.05. The Hall–Kier alpha value is -3.19. The van der Waals surface area contributed by atoms with Crippen LogP contribution >= 0.6 is 11.6 Å². The maximum atomic E-state index is 13.1. The standard InChI is InChI=1S/C22H22ClN3O4/c1-26-7-6-24-21(26)20(14-9-16(28-2)12-17(10-14)29-3)25-22(27)19-11-13-8-15(23)4-5-18(13)30-19/h4-10,12,19-20H,11H2,1-3H3,(H,25,27)/t19-,20+/m0/s1. The minimum absolute atomic E-state index is 0.239. The fourth-order valence-electron chi connectivity index (χ4n) is 3.55. The zero-order valence-corrected chi connectivity index (χ0v) is 17.6. The first-order valence-corrected chi connectivity index (χ1v) is 9.82. The molecule has 0 aliphatic carbocycles. The molecule has 0 saturated heterocycles. The number of halogens is 1. The molecule has 0 saturated carbocycles. The number of methoxy groups -OCH3 is 2. The van der Waals surface area contributed by atoms with E-state index in [-0.39, 0.29) is 5.91 Å². The number of ether oxygens (including phenoxy) is 3. The molecule has 0 radical (unpaired) electrons. The lowest BCUT2D eigenvalue weighted by atomic mass is 10.0. The molecule has 1 N–H and O–H groups in total. The predicted octanol–water partition coefficient (Wildman–Crippen LogP) is 3.30. The van der Waals surface area contributed by atoms with Crippen LogP contribution in [0.25, 0.3) is 0 Å². The van der Waals surface area contributed by atoms with Crippen molar-refractivity contribution in [2.24, 2.45) is 7.05 Å². The predicted molar refractivity (Wildman–Crippen MR) is 112 cm³/mol. The van der Waals surface area contributed by atoms with Gasteiger partial charge in [0.05, 0.1) is 14.2 Å². The molecular formula is C22H22ClN3O4. The smallest absolute Gasteiger partial charge is 0.262 e. The number of fused-ring (bicyclic) bond motifs is 1. The van der Waals surface area contributed by atoms with Crippen LogP contribution in [0.2, 0.25) is 5.02 Å². The second-order valence-corrected chi connectivity index (χ2v) is 7.48. The van der Waals surface area contributed by atoms with Gasteiger partial charge in [0.25, 0.3) is 5.91 Å². The van der Waals surface area contributed by atoms with Crippen molar-refractivity contribution < 1.29 is 19.0 Å². The normalized spacial score (nSPS) is 15.8. The van der Waals surface area contributed by atoms with Crippen molar-refractivity contribution in [2.45, 2.75) is 18.6 Å². The Bertz CT molecular complexity index is 1060. The molecule has 7 nitrogen and oxygen atoms in total. The minimum Gasteiger partial charge on any atom is -0.497 e. The number of hydrogen-bond donors (Lipinski definition) is 1. The monoisotopic (exact) mass is 427 g/mol. The SMILES string of the molecule is COc1cc(OC)cc([C@@H](NC(=O)[C@@H]2Cc3cc(Cl)ccc3O2)c2nccn2C)c1. The van der Waals surface area contributed by atoms with Crippen LogP contribution in [0, 0.1) is 0 Å². The number of benzene rings is 2. The van der Waals surface area contributed by atoms with E-state index in [2.05, 4.69) is 10.3 Å². The van der Waals surface area contributed by atoms with Crippen LogP contribution in [0.1, 0.15) is 23.0 Å². The lowest BCUT2D eigenvalue weighted by molar-refractivity contribution is -0.127. The van der Waals surface area contributed by atoms with E-state index in [9.17, 15) is 4.79 Å². The van der Waals surface area contributed by atoms with Gasteiger partial charge in [0.2, 0.25) is 0 Å². The molecule has 2 heterocycles. The molecule has 0 spiro atoms. The summed E-state index contributed by atoms with van der Waals surface area (Å²) in [6.07, 6.45) is 3.33. The van der Waals surface area contributed by atoms with E-state index in [4.69, 9.17) is 25.8 Å². The number of imidazole rings is 1. The lowest BCUT2D eigenvalue weighted by Crippen LogP contribution is -2.40. The summed E-state index contributed by atoms with van der Waals surface area (Å²) in [4.78, 5) is 17.6. The Kier molecular flexibility index (Phi) is 5.55.